The zero-order valence-electron chi connectivity index (χ0n) is 8.03. The highest BCUT2D eigenvalue weighted by Crippen LogP contribution is 2.15. The van der Waals surface area contributed by atoms with Crippen molar-refractivity contribution in [3.63, 3.8) is 0 Å². The van der Waals surface area contributed by atoms with Crippen LogP contribution in [0.5, 0.6) is 5.75 Å². The molecule has 0 saturated heterocycles. The summed E-state index contributed by atoms with van der Waals surface area (Å²) in [7, 11) is 0. The Morgan fingerprint density at radius 3 is 2.50 bits per heavy atom. The second kappa shape index (κ2) is 4.62. The molecule has 14 heavy (non-hydrogen) atoms. The van der Waals surface area contributed by atoms with Gasteiger partial charge in [0.05, 0.1) is 6.61 Å². The third-order valence-electron chi connectivity index (χ3n) is 1.88. The molecule has 0 spiro atoms. The first kappa shape index (κ1) is 10.5. The Kier molecular flexibility index (Phi) is 3.48. The lowest BCUT2D eigenvalue weighted by Gasteiger charge is -2.10. The van der Waals surface area contributed by atoms with E-state index in [0.717, 1.165) is 5.75 Å². The zero-order valence-corrected chi connectivity index (χ0v) is 8.03. The maximum Gasteiger partial charge on any atom is 0.150 e. The monoisotopic (exact) mass is 195 g/mol. The molecule has 0 aliphatic carbocycles. The summed E-state index contributed by atoms with van der Waals surface area (Å²) >= 11 is 0. The molecule has 1 rings (SSSR count). The summed E-state index contributed by atoms with van der Waals surface area (Å²) < 4.78 is 5.22. The van der Waals surface area contributed by atoms with Crippen LogP contribution in [0.4, 0.5) is 0 Å². The van der Waals surface area contributed by atoms with Crippen LogP contribution in [0, 0.1) is 0 Å². The van der Waals surface area contributed by atoms with Crippen molar-refractivity contribution in [1.29, 1.82) is 0 Å². The van der Waals surface area contributed by atoms with Crippen molar-refractivity contribution >= 4 is 5.97 Å². The van der Waals surface area contributed by atoms with Crippen molar-refractivity contribution in [1.82, 2.24) is 0 Å². The SMILES string of the molecule is CCOc1ccc([C@H]([NH3+])C(=O)[O-])cc1. The minimum Gasteiger partial charge on any atom is -0.544 e. The van der Waals surface area contributed by atoms with Crippen LogP contribution in [0.2, 0.25) is 0 Å². The molecule has 1 aromatic rings. The Morgan fingerprint density at radius 1 is 1.50 bits per heavy atom. The van der Waals surface area contributed by atoms with Crippen LogP contribution in [-0.4, -0.2) is 12.6 Å². The average molecular weight is 195 g/mol. The van der Waals surface area contributed by atoms with E-state index in [1.165, 1.54) is 0 Å². The minimum atomic E-state index is -1.17. The van der Waals surface area contributed by atoms with E-state index < -0.39 is 12.0 Å². The number of carbonyl (C=O) groups excluding carboxylic acids is 1. The zero-order chi connectivity index (χ0) is 10.6. The van der Waals surface area contributed by atoms with Gasteiger partial charge in [0.15, 0.2) is 6.04 Å². The van der Waals surface area contributed by atoms with Crippen LogP contribution in [0.3, 0.4) is 0 Å². The van der Waals surface area contributed by atoms with E-state index in [9.17, 15) is 9.90 Å². The summed E-state index contributed by atoms with van der Waals surface area (Å²) in [6, 6.07) is 5.97. The smallest absolute Gasteiger partial charge is 0.150 e. The van der Waals surface area contributed by atoms with Crippen molar-refractivity contribution in [2.24, 2.45) is 0 Å². The molecule has 0 radical (unpaired) electrons. The molecular weight excluding hydrogens is 182 g/mol. The highest BCUT2D eigenvalue weighted by Gasteiger charge is 2.09. The summed E-state index contributed by atoms with van der Waals surface area (Å²) in [6.45, 7) is 2.48. The number of carboxylic acid groups (broad SMARTS) is 1. The number of ether oxygens (including phenoxy) is 1. The number of carbonyl (C=O) groups is 1. The van der Waals surface area contributed by atoms with Crippen molar-refractivity contribution in [3.8, 4) is 5.75 Å². The van der Waals surface area contributed by atoms with Gasteiger partial charge >= 0.3 is 0 Å². The van der Waals surface area contributed by atoms with Crippen LogP contribution in [0.25, 0.3) is 0 Å². The van der Waals surface area contributed by atoms with E-state index in [0.29, 0.717) is 12.2 Å². The molecular formula is C10H13NO3. The van der Waals surface area contributed by atoms with Crippen molar-refractivity contribution in [2.45, 2.75) is 13.0 Å². The fourth-order valence-corrected chi connectivity index (χ4v) is 1.10. The highest BCUT2D eigenvalue weighted by atomic mass is 16.5. The number of hydrogen-bond acceptors (Lipinski definition) is 3. The molecule has 0 heterocycles. The van der Waals surface area contributed by atoms with E-state index in [4.69, 9.17) is 4.74 Å². The summed E-state index contributed by atoms with van der Waals surface area (Å²) in [5, 5.41) is 10.5. The van der Waals surface area contributed by atoms with Crippen LogP contribution in [0.1, 0.15) is 18.5 Å². The van der Waals surface area contributed by atoms with Crippen LogP contribution >= 0.6 is 0 Å². The molecule has 0 amide bonds. The van der Waals surface area contributed by atoms with Crippen molar-refractivity contribution < 1.29 is 20.4 Å². The molecule has 0 saturated carbocycles. The highest BCUT2D eigenvalue weighted by molar-refractivity contribution is 5.71. The molecule has 76 valence electrons. The normalized spacial score (nSPS) is 12.1. The van der Waals surface area contributed by atoms with Crippen LogP contribution < -0.4 is 15.6 Å². The molecule has 0 unspecified atom stereocenters. The van der Waals surface area contributed by atoms with E-state index >= 15 is 0 Å². The number of carboxylic acids is 1. The van der Waals surface area contributed by atoms with E-state index in [-0.39, 0.29) is 0 Å². The molecule has 1 atom stereocenters. The van der Waals surface area contributed by atoms with Gasteiger partial charge in [0, 0.05) is 5.56 Å². The molecule has 0 aliphatic heterocycles. The number of hydrogen-bond donors (Lipinski definition) is 1. The van der Waals surface area contributed by atoms with Gasteiger partial charge in [-0.1, -0.05) is 0 Å². The summed E-state index contributed by atoms with van der Waals surface area (Å²) in [5.41, 5.74) is 4.10. The molecule has 0 aromatic heterocycles. The van der Waals surface area contributed by atoms with Gasteiger partial charge in [-0.3, -0.25) is 0 Å². The summed E-state index contributed by atoms with van der Waals surface area (Å²) in [4.78, 5) is 10.5. The Morgan fingerprint density at radius 2 is 2.07 bits per heavy atom. The topological polar surface area (TPSA) is 77.0 Å². The number of rotatable bonds is 4. The maximum atomic E-state index is 10.5. The first-order valence-electron chi connectivity index (χ1n) is 4.42. The van der Waals surface area contributed by atoms with Gasteiger partial charge in [0.25, 0.3) is 0 Å². The lowest BCUT2D eigenvalue weighted by Crippen LogP contribution is -2.60. The van der Waals surface area contributed by atoms with Gasteiger partial charge in [-0.2, -0.15) is 0 Å². The molecule has 0 aliphatic rings. The number of quaternary nitrogens is 1. The Balaban J connectivity index is 2.77. The number of benzene rings is 1. The average Bonchev–Trinajstić information content (AvgIpc) is 2.18. The largest absolute Gasteiger partial charge is 0.544 e. The lowest BCUT2D eigenvalue weighted by molar-refractivity contribution is -0.443. The molecule has 4 nitrogen and oxygen atoms in total. The van der Waals surface area contributed by atoms with Crippen molar-refractivity contribution in [2.75, 3.05) is 6.61 Å². The molecule has 4 heteroatoms. The third-order valence-corrected chi connectivity index (χ3v) is 1.88. The standard InChI is InChI=1S/C10H13NO3/c1-2-14-8-5-3-7(4-6-8)9(11)10(12)13/h3-6,9H,2,11H2,1H3,(H,12,13)/t9-/m0/s1. The first-order valence-corrected chi connectivity index (χ1v) is 4.42. The van der Waals surface area contributed by atoms with E-state index in [1.807, 2.05) is 6.92 Å². The van der Waals surface area contributed by atoms with Gasteiger partial charge in [0.2, 0.25) is 0 Å². The van der Waals surface area contributed by atoms with Gasteiger partial charge in [0.1, 0.15) is 11.7 Å². The fourth-order valence-electron chi connectivity index (χ4n) is 1.10. The molecule has 3 N–H and O–H groups in total. The molecule has 0 bridgehead atoms. The van der Waals surface area contributed by atoms with Crippen molar-refractivity contribution in [3.05, 3.63) is 29.8 Å². The summed E-state index contributed by atoms with van der Waals surface area (Å²) in [5.74, 6) is -0.448. The van der Waals surface area contributed by atoms with Gasteiger partial charge < -0.3 is 20.4 Å². The van der Waals surface area contributed by atoms with Crippen LogP contribution in [-0.2, 0) is 4.79 Å². The predicted octanol–water partition coefficient (Wildman–Crippen LogP) is -0.882. The quantitative estimate of drug-likeness (QED) is 0.677. The van der Waals surface area contributed by atoms with E-state index in [2.05, 4.69) is 5.73 Å². The third kappa shape index (κ3) is 2.47. The summed E-state index contributed by atoms with van der Waals surface area (Å²) in [6.07, 6.45) is 0. The Hall–Kier alpha value is -1.55. The second-order valence-corrected chi connectivity index (χ2v) is 2.87. The number of aliphatic carboxylic acids is 1. The second-order valence-electron chi connectivity index (χ2n) is 2.87. The maximum absolute atomic E-state index is 10.5. The minimum absolute atomic E-state index is 0.591. The molecule has 0 fully saturated rings. The Bertz CT molecular complexity index is 308. The Labute approximate surface area is 82.3 Å². The fraction of sp³-hybridized carbons (Fsp3) is 0.300. The van der Waals surface area contributed by atoms with Crippen LogP contribution in [0.15, 0.2) is 24.3 Å². The predicted molar refractivity (Wildman–Crippen MR) is 48.2 cm³/mol. The van der Waals surface area contributed by atoms with Gasteiger partial charge in [-0.15, -0.1) is 0 Å². The van der Waals surface area contributed by atoms with Gasteiger partial charge in [-0.05, 0) is 31.2 Å². The lowest BCUT2D eigenvalue weighted by atomic mass is 10.1. The molecule has 1 aromatic carbocycles. The van der Waals surface area contributed by atoms with E-state index in [1.54, 1.807) is 24.3 Å². The van der Waals surface area contributed by atoms with Gasteiger partial charge in [-0.25, -0.2) is 0 Å². The first-order chi connectivity index (χ1) is 6.65.